The Hall–Kier alpha value is -0.170. The van der Waals surface area contributed by atoms with E-state index < -0.39 is 0 Å². The molecule has 1 fully saturated rings. The normalized spacial score (nSPS) is 28.2. The fourth-order valence-corrected chi connectivity index (χ4v) is 3.01. The van der Waals surface area contributed by atoms with Gasteiger partial charge in [-0.05, 0) is 18.5 Å². The number of nitrogens with zero attached hydrogens (tertiary/aromatic N) is 2. The van der Waals surface area contributed by atoms with Gasteiger partial charge in [0, 0.05) is 0 Å². The van der Waals surface area contributed by atoms with E-state index in [0.29, 0.717) is 13.2 Å². The molecular formula is C7H10N2O2S2. The van der Waals surface area contributed by atoms with Crippen LogP contribution in [0.25, 0.3) is 0 Å². The second-order valence-electron chi connectivity index (χ2n) is 2.87. The summed E-state index contributed by atoms with van der Waals surface area (Å²) in [5, 5.41) is 9.59. The predicted octanol–water partition coefficient (Wildman–Crippen LogP) is 0.698. The molecule has 0 aromatic carbocycles. The Morgan fingerprint density at radius 1 is 1.62 bits per heavy atom. The molecule has 0 saturated carbocycles. The summed E-state index contributed by atoms with van der Waals surface area (Å²) in [6.07, 6.45) is -0.366. The quantitative estimate of drug-likeness (QED) is 0.792. The highest BCUT2D eigenvalue weighted by molar-refractivity contribution is 8.01. The van der Waals surface area contributed by atoms with Gasteiger partial charge in [0.15, 0.2) is 4.34 Å². The first-order chi connectivity index (χ1) is 6.25. The van der Waals surface area contributed by atoms with Crippen LogP contribution in [-0.2, 0) is 4.74 Å². The lowest BCUT2D eigenvalue weighted by atomic mass is 10.3. The summed E-state index contributed by atoms with van der Waals surface area (Å²) in [5.41, 5.74) is 0. The summed E-state index contributed by atoms with van der Waals surface area (Å²) in [6, 6.07) is 0. The van der Waals surface area contributed by atoms with Crippen molar-refractivity contribution in [2.75, 3.05) is 13.2 Å². The zero-order chi connectivity index (χ0) is 9.26. The molecule has 1 N–H and O–H groups in total. The van der Waals surface area contributed by atoms with Crippen molar-refractivity contribution in [2.24, 2.45) is 0 Å². The number of thioether (sulfide) groups is 1. The maximum absolute atomic E-state index is 9.47. The van der Waals surface area contributed by atoms with E-state index in [1.54, 1.807) is 11.8 Å². The van der Waals surface area contributed by atoms with Gasteiger partial charge >= 0.3 is 0 Å². The van der Waals surface area contributed by atoms with E-state index in [-0.39, 0.29) is 11.4 Å². The van der Waals surface area contributed by atoms with Gasteiger partial charge in [0.1, 0.15) is 5.82 Å². The number of hydrogen-bond donors (Lipinski definition) is 1. The molecule has 0 radical (unpaired) electrons. The van der Waals surface area contributed by atoms with Crippen molar-refractivity contribution in [3.8, 4) is 0 Å². The zero-order valence-electron chi connectivity index (χ0n) is 7.14. The molecule has 72 valence electrons. The van der Waals surface area contributed by atoms with Crippen molar-refractivity contribution in [2.45, 2.75) is 22.6 Å². The number of rotatable bonds is 2. The third-order valence-corrected chi connectivity index (χ3v) is 3.92. The van der Waals surface area contributed by atoms with Gasteiger partial charge in [-0.1, -0.05) is 11.8 Å². The third-order valence-electron chi connectivity index (χ3n) is 1.76. The first kappa shape index (κ1) is 9.39. The van der Waals surface area contributed by atoms with Crippen LogP contribution in [0.5, 0.6) is 0 Å². The molecule has 2 atom stereocenters. The highest BCUT2D eigenvalue weighted by Gasteiger charge is 2.28. The van der Waals surface area contributed by atoms with Crippen LogP contribution in [-0.4, -0.2) is 39.0 Å². The average molecular weight is 218 g/mol. The lowest BCUT2D eigenvalue weighted by Gasteiger charge is -2.07. The molecule has 0 bridgehead atoms. The predicted molar refractivity (Wildman–Crippen MR) is 51.1 cm³/mol. The molecular weight excluding hydrogens is 208 g/mol. The minimum Gasteiger partial charge on any atom is -0.389 e. The lowest BCUT2D eigenvalue weighted by molar-refractivity contribution is 0.127. The SMILES string of the molecule is Cc1nsc(SC2COCC2O)n1. The molecule has 13 heavy (non-hydrogen) atoms. The first-order valence-corrected chi connectivity index (χ1v) is 5.64. The van der Waals surface area contributed by atoms with Gasteiger partial charge in [-0.25, -0.2) is 4.98 Å². The summed E-state index contributed by atoms with van der Waals surface area (Å²) in [7, 11) is 0. The highest BCUT2D eigenvalue weighted by Crippen LogP contribution is 2.29. The first-order valence-electron chi connectivity index (χ1n) is 3.98. The molecule has 2 heterocycles. The molecule has 0 amide bonds. The Morgan fingerprint density at radius 2 is 2.46 bits per heavy atom. The molecule has 4 nitrogen and oxygen atoms in total. The molecule has 6 heteroatoms. The van der Waals surface area contributed by atoms with E-state index in [9.17, 15) is 5.11 Å². The standard InChI is InChI=1S/C7H10N2O2S2/c1-4-8-7(13-9-4)12-6-3-11-2-5(6)10/h5-6,10H,2-3H2,1H3. The Morgan fingerprint density at radius 3 is 3.00 bits per heavy atom. The van der Waals surface area contributed by atoms with E-state index in [0.717, 1.165) is 10.2 Å². The van der Waals surface area contributed by atoms with Crippen LogP contribution in [0, 0.1) is 6.92 Å². The van der Waals surface area contributed by atoms with Crippen molar-refractivity contribution in [1.82, 2.24) is 9.36 Å². The third kappa shape index (κ3) is 2.19. The minimum absolute atomic E-state index is 0.118. The Kier molecular flexibility index (Phi) is 2.83. The lowest BCUT2D eigenvalue weighted by Crippen LogP contribution is -2.19. The molecule has 2 rings (SSSR count). The van der Waals surface area contributed by atoms with Crippen LogP contribution in [0.1, 0.15) is 5.82 Å². The Bertz CT molecular complexity index is 292. The van der Waals surface area contributed by atoms with Gasteiger partial charge in [-0.15, -0.1) is 0 Å². The number of hydrogen-bond acceptors (Lipinski definition) is 6. The van der Waals surface area contributed by atoms with Crippen LogP contribution in [0.4, 0.5) is 0 Å². The molecule has 1 aliphatic heterocycles. The fourth-order valence-electron chi connectivity index (χ4n) is 1.09. The van der Waals surface area contributed by atoms with Gasteiger partial charge in [0.05, 0.1) is 24.6 Å². The average Bonchev–Trinajstić information content (AvgIpc) is 2.64. The highest BCUT2D eigenvalue weighted by atomic mass is 32.2. The maximum Gasteiger partial charge on any atom is 0.170 e. The van der Waals surface area contributed by atoms with Gasteiger partial charge in [-0.2, -0.15) is 4.37 Å². The monoisotopic (exact) mass is 218 g/mol. The number of aryl methyl sites for hydroxylation is 1. The van der Waals surface area contributed by atoms with E-state index in [1.165, 1.54) is 11.5 Å². The molecule has 1 saturated heterocycles. The molecule has 0 aliphatic carbocycles. The minimum atomic E-state index is -0.366. The van der Waals surface area contributed by atoms with Crippen molar-refractivity contribution >= 4 is 23.3 Å². The molecule has 1 aromatic rings. The topological polar surface area (TPSA) is 55.2 Å². The summed E-state index contributed by atoms with van der Waals surface area (Å²) >= 11 is 2.92. The second-order valence-corrected chi connectivity index (χ2v) is 5.11. The van der Waals surface area contributed by atoms with Crippen molar-refractivity contribution in [3.63, 3.8) is 0 Å². The van der Waals surface area contributed by atoms with Gasteiger partial charge in [0.2, 0.25) is 0 Å². The Labute approximate surface area is 84.5 Å². The second kappa shape index (κ2) is 3.91. The fraction of sp³-hybridized carbons (Fsp3) is 0.714. The molecule has 1 aromatic heterocycles. The van der Waals surface area contributed by atoms with Crippen LogP contribution in [0.15, 0.2) is 4.34 Å². The maximum atomic E-state index is 9.47. The summed E-state index contributed by atoms with van der Waals surface area (Å²) in [4.78, 5) is 4.21. The van der Waals surface area contributed by atoms with E-state index in [1.807, 2.05) is 6.92 Å². The molecule has 2 unspecified atom stereocenters. The van der Waals surface area contributed by atoms with Crippen molar-refractivity contribution < 1.29 is 9.84 Å². The number of aliphatic hydroxyl groups is 1. The van der Waals surface area contributed by atoms with E-state index in [2.05, 4.69) is 9.36 Å². The number of aliphatic hydroxyl groups excluding tert-OH is 1. The number of aromatic nitrogens is 2. The van der Waals surface area contributed by atoms with Crippen molar-refractivity contribution in [1.29, 1.82) is 0 Å². The summed E-state index contributed by atoms with van der Waals surface area (Å²) in [5.74, 6) is 0.793. The Balaban J connectivity index is 1.97. The number of ether oxygens (including phenoxy) is 1. The largest absolute Gasteiger partial charge is 0.389 e. The van der Waals surface area contributed by atoms with Gasteiger partial charge in [0.25, 0.3) is 0 Å². The smallest absolute Gasteiger partial charge is 0.170 e. The zero-order valence-corrected chi connectivity index (χ0v) is 8.77. The van der Waals surface area contributed by atoms with Crippen LogP contribution in [0.2, 0.25) is 0 Å². The van der Waals surface area contributed by atoms with E-state index in [4.69, 9.17) is 4.74 Å². The summed E-state index contributed by atoms with van der Waals surface area (Å²) < 4.78 is 10.1. The van der Waals surface area contributed by atoms with Crippen LogP contribution < -0.4 is 0 Å². The molecule has 0 spiro atoms. The van der Waals surface area contributed by atoms with Gasteiger partial charge in [-0.3, -0.25) is 0 Å². The van der Waals surface area contributed by atoms with Crippen LogP contribution >= 0.6 is 23.3 Å². The van der Waals surface area contributed by atoms with Crippen molar-refractivity contribution in [3.05, 3.63) is 5.82 Å². The van der Waals surface area contributed by atoms with Gasteiger partial charge < -0.3 is 9.84 Å². The molecule has 1 aliphatic rings. The van der Waals surface area contributed by atoms with Crippen LogP contribution in [0.3, 0.4) is 0 Å². The summed E-state index contributed by atoms with van der Waals surface area (Å²) in [6.45, 7) is 2.90. The van der Waals surface area contributed by atoms with E-state index >= 15 is 0 Å².